The molecule has 5 amide bonds. The maximum Gasteiger partial charge on any atom is 1.00 e. The zero-order chi connectivity index (χ0) is 31.5. The van der Waals surface area contributed by atoms with Gasteiger partial charge in [-0.15, -0.1) is 22.0 Å². The molecule has 2 aromatic carbocycles. The predicted octanol–water partition coefficient (Wildman–Crippen LogP) is -0.798. The van der Waals surface area contributed by atoms with Crippen LogP contribution in [0.5, 0.6) is 0 Å². The van der Waals surface area contributed by atoms with E-state index in [1.54, 1.807) is 55.5 Å². The molecule has 45 heavy (non-hydrogen) atoms. The number of aromatic nitrogens is 2. The summed E-state index contributed by atoms with van der Waals surface area (Å²) in [5.74, 6) is -2.29. The van der Waals surface area contributed by atoms with Gasteiger partial charge in [0.1, 0.15) is 16.4 Å². The molecular formula is C29H27N6NaO6S3. The minimum absolute atomic E-state index is 0. The fraction of sp³-hybridized carbons (Fsp3) is 0.276. The molecule has 3 aromatic rings. The molecule has 1 saturated heterocycles. The van der Waals surface area contributed by atoms with Crippen LogP contribution in [-0.2, 0) is 20.8 Å². The van der Waals surface area contributed by atoms with Crippen LogP contribution in [0.15, 0.2) is 64.1 Å². The van der Waals surface area contributed by atoms with Crippen molar-refractivity contribution in [2.24, 2.45) is 0 Å². The Morgan fingerprint density at radius 2 is 1.80 bits per heavy atom. The van der Waals surface area contributed by atoms with E-state index in [2.05, 4.69) is 20.8 Å². The molecule has 12 nitrogen and oxygen atoms in total. The molecule has 1 aromatic heterocycles. The SMILES string of the molecule is Cc1nnc(SCC2=C(C(=O)[O-])N3C(=O)C(NC(=O)Cc4ccccc4NC(=O)N(C)C(=O)c4ccccc4C)[C@H]3SC2)s1.[Na+]. The number of thioether (sulfide) groups is 2. The Morgan fingerprint density at radius 1 is 1.09 bits per heavy atom. The number of hydrogen-bond acceptors (Lipinski definition) is 11. The van der Waals surface area contributed by atoms with Gasteiger partial charge < -0.3 is 20.5 Å². The quantitative estimate of drug-likeness (QED) is 0.167. The van der Waals surface area contributed by atoms with E-state index in [9.17, 15) is 29.1 Å². The number of benzene rings is 2. The number of carbonyl (C=O) groups is 5. The molecule has 0 radical (unpaired) electrons. The van der Waals surface area contributed by atoms with Crippen molar-refractivity contribution < 1.29 is 58.6 Å². The number of urea groups is 1. The number of carboxylic acids is 1. The van der Waals surface area contributed by atoms with E-state index in [-0.39, 0.29) is 41.7 Å². The molecule has 2 N–H and O–H groups in total. The number of β-lactam (4-membered cyclic amide) rings is 1. The van der Waals surface area contributed by atoms with Crippen LogP contribution in [-0.4, -0.2) is 79.7 Å². The third kappa shape index (κ3) is 7.61. The Labute approximate surface area is 293 Å². The van der Waals surface area contributed by atoms with Crippen molar-refractivity contribution in [1.29, 1.82) is 0 Å². The molecule has 228 valence electrons. The van der Waals surface area contributed by atoms with Crippen molar-refractivity contribution in [1.82, 2.24) is 25.3 Å². The number of anilines is 1. The summed E-state index contributed by atoms with van der Waals surface area (Å²) < 4.78 is 0.695. The van der Waals surface area contributed by atoms with Gasteiger partial charge >= 0.3 is 35.6 Å². The summed E-state index contributed by atoms with van der Waals surface area (Å²) >= 11 is 4.10. The standard InChI is InChI=1S/C29H28N6O6S3.Na/c1-15-8-4-6-10-19(15)24(37)34(3)28(41)30-20-11-7-5-9-17(20)12-21(36)31-22-25(38)35-23(27(39)40)18(13-42-26(22)35)14-43-29-33-32-16(2)44-29;/h4-11,22,26H,12-14H2,1-3H3,(H,30,41)(H,31,36)(H,39,40);/q;+1/p-1/t22?,26-;/m1./s1. The number of fused-ring (bicyclic) bond motifs is 1. The van der Waals surface area contributed by atoms with Crippen LogP contribution < -0.4 is 45.3 Å². The van der Waals surface area contributed by atoms with Gasteiger partial charge in [0.2, 0.25) is 5.91 Å². The summed E-state index contributed by atoms with van der Waals surface area (Å²) in [5, 5.41) is 25.6. The molecule has 0 aliphatic carbocycles. The molecule has 2 atom stereocenters. The molecule has 5 rings (SSSR count). The second-order valence-electron chi connectivity index (χ2n) is 10.0. The molecule has 2 aliphatic heterocycles. The predicted molar refractivity (Wildman–Crippen MR) is 165 cm³/mol. The Hall–Kier alpha value is -3.21. The van der Waals surface area contributed by atoms with Crippen molar-refractivity contribution in [3.8, 4) is 0 Å². The first kappa shape index (κ1) is 34.7. The maximum atomic E-state index is 13.1. The van der Waals surface area contributed by atoms with Gasteiger partial charge in [-0.3, -0.25) is 24.2 Å². The van der Waals surface area contributed by atoms with Gasteiger partial charge in [0.25, 0.3) is 11.8 Å². The summed E-state index contributed by atoms with van der Waals surface area (Å²) in [6, 6.07) is 12.0. The van der Waals surface area contributed by atoms with Gasteiger partial charge in [-0.2, -0.15) is 0 Å². The van der Waals surface area contributed by atoms with Crippen LogP contribution in [0.1, 0.15) is 26.5 Å². The first-order valence-electron chi connectivity index (χ1n) is 13.4. The number of rotatable bonds is 9. The summed E-state index contributed by atoms with van der Waals surface area (Å²) in [5.41, 5.74) is 2.30. The number of carbonyl (C=O) groups excluding carboxylic acids is 5. The van der Waals surface area contributed by atoms with Gasteiger partial charge in [-0.1, -0.05) is 59.5 Å². The van der Waals surface area contributed by atoms with Crippen molar-refractivity contribution in [3.63, 3.8) is 0 Å². The largest absolute Gasteiger partial charge is 1.00 e. The zero-order valence-electron chi connectivity index (χ0n) is 24.9. The van der Waals surface area contributed by atoms with Crippen LogP contribution in [0.3, 0.4) is 0 Å². The maximum absolute atomic E-state index is 13.1. The Balaban J connectivity index is 0.00000461. The van der Waals surface area contributed by atoms with Crippen LogP contribution in [0.2, 0.25) is 0 Å². The minimum Gasteiger partial charge on any atom is -0.543 e. The average Bonchev–Trinajstić information content (AvgIpc) is 3.43. The van der Waals surface area contributed by atoms with E-state index < -0.39 is 41.1 Å². The summed E-state index contributed by atoms with van der Waals surface area (Å²) in [6.07, 6.45) is -0.167. The fourth-order valence-electron chi connectivity index (χ4n) is 4.75. The number of carboxylic acid groups (broad SMARTS) is 1. The number of nitrogens with zero attached hydrogens (tertiary/aromatic N) is 4. The van der Waals surface area contributed by atoms with Gasteiger partial charge in [-0.05, 0) is 42.7 Å². The van der Waals surface area contributed by atoms with Gasteiger partial charge in [-0.25, -0.2) is 4.79 Å². The summed E-state index contributed by atoms with van der Waals surface area (Å²) in [7, 11) is 1.37. The van der Waals surface area contributed by atoms with Crippen LogP contribution in [0.25, 0.3) is 0 Å². The van der Waals surface area contributed by atoms with Gasteiger partial charge in [0.15, 0.2) is 4.34 Å². The molecular weight excluding hydrogens is 648 g/mol. The van der Waals surface area contributed by atoms with Crippen molar-refractivity contribution in [3.05, 3.63) is 81.5 Å². The van der Waals surface area contributed by atoms with E-state index in [1.165, 1.54) is 46.8 Å². The molecule has 2 aliphatic rings. The van der Waals surface area contributed by atoms with E-state index >= 15 is 0 Å². The fourth-order valence-corrected chi connectivity index (χ4v) is 8.05. The Kier molecular flexibility index (Phi) is 11.5. The summed E-state index contributed by atoms with van der Waals surface area (Å²) in [4.78, 5) is 66.1. The van der Waals surface area contributed by atoms with Crippen molar-refractivity contribution in [2.75, 3.05) is 23.9 Å². The van der Waals surface area contributed by atoms with E-state index in [4.69, 9.17) is 0 Å². The number of amides is 5. The average molecular weight is 675 g/mol. The molecule has 3 heterocycles. The smallest absolute Gasteiger partial charge is 0.543 e. The van der Waals surface area contributed by atoms with Crippen molar-refractivity contribution >= 4 is 70.3 Å². The monoisotopic (exact) mass is 674 g/mol. The first-order chi connectivity index (χ1) is 21.0. The number of hydrogen-bond donors (Lipinski definition) is 2. The molecule has 0 bridgehead atoms. The number of nitrogens with one attached hydrogen (secondary N) is 2. The topological polar surface area (TPSA) is 165 Å². The first-order valence-corrected chi connectivity index (χ1v) is 16.2. The number of imide groups is 1. The number of aryl methyl sites for hydroxylation is 2. The van der Waals surface area contributed by atoms with Crippen molar-refractivity contribution in [2.45, 2.75) is 36.0 Å². The van der Waals surface area contributed by atoms with E-state index in [0.29, 0.717) is 38.2 Å². The van der Waals surface area contributed by atoms with E-state index in [1.807, 2.05) is 6.92 Å². The normalized spacial score (nSPS) is 17.0. The van der Waals surface area contributed by atoms with Crippen LogP contribution in [0, 0.1) is 13.8 Å². The summed E-state index contributed by atoms with van der Waals surface area (Å²) in [6.45, 7) is 3.60. The minimum atomic E-state index is -1.45. The van der Waals surface area contributed by atoms with Crippen LogP contribution in [0.4, 0.5) is 10.5 Å². The third-order valence-electron chi connectivity index (χ3n) is 7.03. The molecule has 1 unspecified atom stereocenters. The number of aliphatic carboxylic acids is 1. The molecule has 1 fully saturated rings. The van der Waals surface area contributed by atoms with Gasteiger partial charge in [0, 0.05) is 29.8 Å². The number of para-hydroxylation sites is 1. The second kappa shape index (κ2) is 14.9. The Bertz CT molecular complexity index is 1700. The van der Waals surface area contributed by atoms with Crippen LogP contribution >= 0.6 is 34.9 Å². The molecule has 0 saturated carbocycles. The zero-order valence-corrected chi connectivity index (χ0v) is 29.3. The third-order valence-corrected chi connectivity index (χ3v) is 10.4. The molecule has 16 heteroatoms. The second-order valence-corrected chi connectivity index (χ2v) is 13.5. The van der Waals surface area contributed by atoms with Gasteiger partial charge in [0.05, 0.1) is 18.1 Å². The van der Waals surface area contributed by atoms with E-state index in [0.717, 1.165) is 15.5 Å². The Morgan fingerprint density at radius 3 is 2.49 bits per heavy atom. The molecule has 0 spiro atoms.